The van der Waals surface area contributed by atoms with Gasteiger partial charge in [-0.25, -0.2) is 0 Å². The first kappa shape index (κ1) is 19.4. The Kier molecular flexibility index (Phi) is 5.61. The molecule has 5 nitrogen and oxygen atoms in total. The number of aryl methyl sites for hydroxylation is 1. The van der Waals surface area contributed by atoms with Crippen molar-refractivity contribution in [3.63, 3.8) is 0 Å². The number of thiophene rings is 1. The van der Waals surface area contributed by atoms with Crippen molar-refractivity contribution in [3.8, 4) is 0 Å². The van der Waals surface area contributed by atoms with Gasteiger partial charge in [0.25, 0.3) is 0 Å². The fraction of sp³-hybridized carbons (Fsp3) is 0.762. The van der Waals surface area contributed by atoms with Crippen LogP contribution in [-0.2, 0) is 28.0 Å². The Balaban J connectivity index is 1.34. The molecule has 1 aliphatic carbocycles. The van der Waals surface area contributed by atoms with E-state index in [-0.39, 0.29) is 17.6 Å². The molecule has 0 bridgehead atoms. The molecular weight excluding hydrogens is 360 g/mol. The summed E-state index contributed by atoms with van der Waals surface area (Å²) in [6.45, 7) is 7.23. The molecular formula is C21H32N2O3S. The molecule has 2 fully saturated rings. The van der Waals surface area contributed by atoms with Gasteiger partial charge in [0.1, 0.15) is 6.61 Å². The number of hydrogen-bond donors (Lipinski definition) is 2. The van der Waals surface area contributed by atoms with Crippen LogP contribution < -0.4 is 5.32 Å². The molecule has 0 radical (unpaired) electrons. The number of hydrogen-bond acceptors (Lipinski definition) is 5. The minimum atomic E-state index is -0.406. The molecule has 4 rings (SSSR count). The third-order valence-corrected chi connectivity index (χ3v) is 8.03. The molecule has 1 aromatic heterocycles. The zero-order valence-corrected chi connectivity index (χ0v) is 17.3. The Bertz CT molecular complexity index is 685. The Hall–Kier alpha value is -0.950. The van der Waals surface area contributed by atoms with E-state index in [0.717, 1.165) is 58.2 Å². The second-order valence-electron chi connectivity index (χ2n) is 8.55. The fourth-order valence-electron chi connectivity index (χ4n) is 5.15. The summed E-state index contributed by atoms with van der Waals surface area (Å²) in [5.74, 6) is 0.403. The van der Waals surface area contributed by atoms with Crippen molar-refractivity contribution in [3.05, 3.63) is 21.4 Å². The highest BCUT2D eigenvalue weighted by Crippen LogP contribution is 2.46. The van der Waals surface area contributed by atoms with E-state index in [9.17, 15) is 4.79 Å². The molecule has 2 atom stereocenters. The number of rotatable bonds is 5. The quantitative estimate of drug-likeness (QED) is 0.808. The molecule has 3 heterocycles. The van der Waals surface area contributed by atoms with Crippen molar-refractivity contribution in [2.75, 3.05) is 26.3 Å². The van der Waals surface area contributed by atoms with Crippen molar-refractivity contribution in [2.45, 2.75) is 70.1 Å². The van der Waals surface area contributed by atoms with Crippen LogP contribution in [0.2, 0.25) is 0 Å². The number of aliphatic hydroxyl groups excluding tert-OH is 1. The number of nitrogens with one attached hydrogen (secondary N) is 1. The van der Waals surface area contributed by atoms with Gasteiger partial charge in [0.15, 0.2) is 0 Å². The number of likely N-dealkylation sites (tertiary alicyclic amines) is 1. The van der Waals surface area contributed by atoms with Gasteiger partial charge < -0.3 is 20.1 Å². The third-order valence-electron chi connectivity index (χ3n) is 6.70. The molecule has 3 aliphatic rings. The fourth-order valence-corrected chi connectivity index (χ4v) is 6.33. The Morgan fingerprint density at radius 2 is 2.30 bits per heavy atom. The number of carbonyl (C=O) groups excluding carboxylic acids is 1. The lowest BCUT2D eigenvalue weighted by Gasteiger charge is -2.49. The van der Waals surface area contributed by atoms with E-state index in [2.05, 4.69) is 30.1 Å². The van der Waals surface area contributed by atoms with Crippen LogP contribution in [0.3, 0.4) is 0 Å². The third kappa shape index (κ3) is 3.82. The van der Waals surface area contributed by atoms with Crippen LogP contribution in [0.25, 0.3) is 0 Å². The average molecular weight is 393 g/mol. The van der Waals surface area contributed by atoms with Crippen molar-refractivity contribution in [2.24, 2.45) is 5.92 Å². The summed E-state index contributed by atoms with van der Waals surface area (Å²) in [4.78, 5) is 16.9. The van der Waals surface area contributed by atoms with E-state index >= 15 is 0 Å². The van der Waals surface area contributed by atoms with Gasteiger partial charge in [-0.15, -0.1) is 11.3 Å². The van der Waals surface area contributed by atoms with Crippen LogP contribution in [0.1, 0.15) is 54.8 Å². The molecule has 150 valence electrons. The first-order chi connectivity index (χ1) is 13.0. The normalized spacial score (nSPS) is 33.5. The van der Waals surface area contributed by atoms with Gasteiger partial charge in [0.2, 0.25) is 5.91 Å². The summed E-state index contributed by atoms with van der Waals surface area (Å²) in [5, 5.41) is 11.7. The molecule has 27 heavy (non-hydrogen) atoms. The number of piperidine rings is 1. The topological polar surface area (TPSA) is 61.8 Å². The summed E-state index contributed by atoms with van der Waals surface area (Å²) in [6, 6.07) is 3.19. The van der Waals surface area contributed by atoms with E-state index in [4.69, 9.17) is 9.84 Å². The monoisotopic (exact) mass is 392 g/mol. The largest absolute Gasteiger partial charge is 0.387 e. The predicted molar refractivity (Wildman–Crippen MR) is 107 cm³/mol. The van der Waals surface area contributed by atoms with Crippen LogP contribution in [0.5, 0.6) is 0 Å². The van der Waals surface area contributed by atoms with Gasteiger partial charge in [-0.2, -0.15) is 0 Å². The lowest BCUT2D eigenvalue weighted by molar-refractivity contribution is -0.126. The Morgan fingerprint density at radius 1 is 1.48 bits per heavy atom. The maximum absolute atomic E-state index is 11.3. The second kappa shape index (κ2) is 7.82. The molecule has 1 amide bonds. The van der Waals surface area contributed by atoms with Crippen LogP contribution in [0.15, 0.2) is 6.07 Å². The number of nitrogens with zero attached hydrogens (tertiary/aromatic N) is 1. The molecule has 1 saturated carbocycles. The molecule has 1 spiro atoms. The van der Waals surface area contributed by atoms with Gasteiger partial charge in [-0.1, -0.05) is 6.92 Å². The SMILES string of the molecule is CCc1cc2c(s1)CCO[C@@]21CCN(CC2CC(NC(=O)CO)C2)[C@@H](C)C1. The number of fused-ring (bicyclic) bond motifs is 2. The van der Waals surface area contributed by atoms with Crippen molar-refractivity contribution < 1.29 is 14.6 Å². The van der Waals surface area contributed by atoms with Crippen molar-refractivity contribution in [1.29, 1.82) is 0 Å². The summed E-state index contributed by atoms with van der Waals surface area (Å²) in [6.07, 6.45) is 6.42. The molecule has 1 aromatic rings. The molecule has 6 heteroatoms. The summed E-state index contributed by atoms with van der Waals surface area (Å²) in [7, 11) is 0. The molecule has 0 unspecified atom stereocenters. The Morgan fingerprint density at radius 3 is 3.00 bits per heavy atom. The number of aliphatic hydroxyl groups is 1. The highest BCUT2D eigenvalue weighted by atomic mass is 32.1. The van der Waals surface area contributed by atoms with Gasteiger partial charge in [-0.05, 0) is 56.6 Å². The first-order valence-corrected chi connectivity index (χ1v) is 11.2. The van der Waals surface area contributed by atoms with Gasteiger partial charge in [0, 0.05) is 41.3 Å². The molecule has 1 saturated heterocycles. The van der Waals surface area contributed by atoms with E-state index in [1.165, 1.54) is 10.4 Å². The number of carbonyl (C=O) groups is 1. The van der Waals surface area contributed by atoms with Crippen LogP contribution in [-0.4, -0.2) is 54.3 Å². The summed E-state index contributed by atoms with van der Waals surface area (Å²) in [5.41, 5.74) is 1.42. The van der Waals surface area contributed by atoms with Gasteiger partial charge in [-0.3, -0.25) is 4.79 Å². The van der Waals surface area contributed by atoms with Gasteiger partial charge >= 0.3 is 0 Å². The first-order valence-electron chi connectivity index (χ1n) is 10.4. The van der Waals surface area contributed by atoms with E-state index in [0.29, 0.717) is 12.0 Å². The highest BCUT2D eigenvalue weighted by Gasteiger charge is 2.45. The standard InChI is InChI=1S/C21H32N2O3S/c1-3-17-10-18-19(27-17)4-7-26-21(18)5-6-23(14(2)11-21)12-15-8-16(9-15)22-20(25)13-24/h10,14-16,24H,3-9,11-13H2,1-2H3,(H,22,25)/t14-,15?,16?,21+/m0/s1. The molecule has 0 aromatic carbocycles. The average Bonchev–Trinajstić information content (AvgIpc) is 3.07. The maximum atomic E-state index is 11.3. The lowest BCUT2D eigenvalue weighted by atomic mass is 9.76. The molecule has 2 aliphatic heterocycles. The Labute approximate surface area is 166 Å². The predicted octanol–water partition coefficient (Wildman–Crippen LogP) is 2.45. The molecule has 2 N–H and O–H groups in total. The van der Waals surface area contributed by atoms with Crippen LogP contribution in [0, 0.1) is 5.92 Å². The zero-order valence-electron chi connectivity index (χ0n) is 16.5. The lowest BCUT2D eigenvalue weighted by Crippen LogP contribution is -2.54. The van der Waals surface area contributed by atoms with Crippen LogP contribution in [0.4, 0.5) is 0 Å². The van der Waals surface area contributed by atoms with Crippen molar-refractivity contribution >= 4 is 17.2 Å². The minimum Gasteiger partial charge on any atom is -0.387 e. The summed E-state index contributed by atoms with van der Waals surface area (Å²) < 4.78 is 6.44. The zero-order chi connectivity index (χ0) is 19.0. The van der Waals surface area contributed by atoms with E-state index < -0.39 is 6.61 Å². The number of ether oxygens (including phenoxy) is 1. The smallest absolute Gasteiger partial charge is 0.245 e. The van der Waals surface area contributed by atoms with E-state index in [1.807, 2.05) is 11.3 Å². The maximum Gasteiger partial charge on any atom is 0.245 e. The van der Waals surface area contributed by atoms with Crippen LogP contribution >= 0.6 is 11.3 Å². The number of amides is 1. The van der Waals surface area contributed by atoms with E-state index in [1.54, 1.807) is 4.88 Å². The highest BCUT2D eigenvalue weighted by molar-refractivity contribution is 7.12. The van der Waals surface area contributed by atoms with Gasteiger partial charge in [0.05, 0.1) is 12.2 Å². The van der Waals surface area contributed by atoms with Crippen molar-refractivity contribution in [1.82, 2.24) is 10.2 Å². The second-order valence-corrected chi connectivity index (χ2v) is 9.78. The summed E-state index contributed by atoms with van der Waals surface area (Å²) >= 11 is 1.99. The minimum absolute atomic E-state index is 0.0648.